The van der Waals surface area contributed by atoms with Gasteiger partial charge in [-0.3, -0.25) is 4.98 Å². The van der Waals surface area contributed by atoms with E-state index in [-0.39, 0.29) is 0 Å². The standard InChI is InChI=1S/C15H12Cl2N2/c1-10-4-11(8-18-7-10)9-19-3-2-13-14(17)5-12(16)6-15(13)19/h2-8H,9H2,1H3. The molecule has 0 amide bonds. The largest absolute Gasteiger partial charge is 0.343 e. The van der Waals surface area contributed by atoms with Crippen molar-refractivity contribution in [3.63, 3.8) is 0 Å². The molecule has 0 aliphatic carbocycles. The minimum atomic E-state index is 0.653. The van der Waals surface area contributed by atoms with Gasteiger partial charge in [-0.25, -0.2) is 0 Å². The maximum atomic E-state index is 6.19. The molecule has 0 atom stereocenters. The smallest absolute Gasteiger partial charge is 0.0514 e. The molecule has 1 aromatic carbocycles. The van der Waals surface area contributed by atoms with Crippen LogP contribution in [-0.2, 0) is 6.54 Å². The number of aryl methyl sites for hydroxylation is 1. The molecule has 2 heterocycles. The average molecular weight is 291 g/mol. The van der Waals surface area contributed by atoms with Gasteiger partial charge in [0, 0.05) is 35.5 Å². The van der Waals surface area contributed by atoms with Crippen LogP contribution in [0.2, 0.25) is 10.0 Å². The molecular weight excluding hydrogens is 279 g/mol. The molecule has 3 rings (SSSR count). The molecule has 0 radical (unpaired) electrons. The lowest BCUT2D eigenvalue weighted by Gasteiger charge is -2.07. The maximum absolute atomic E-state index is 6.19. The number of aromatic nitrogens is 2. The Morgan fingerprint density at radius 3 is 2.79 bits per heavy atom. The highest BCUT2D eigenvalue weighted by molar-refractivity contribution is 6.38. The summed E-state index contributed by atoms with van der Waals surface area (Å²) in [6.07, 6.45) is 5.76. The van der Waals surface area contributed by atoms with Crippen LogP contribution in [0.1, 0.15) is 11.1 Å². The molecule has 2 nitrogen and oxygen atoms in total. The molecule has 0 bridgehead atoms. The maximum Gasteiger partial charge on any atom is 0.0514 e. The van der Waals surface area contributed by atoms with E-state index in [1.807, 2.05) is 37.6 Å². The van der Waals surface area contributed by atoms with Crippen molar-refractivity contribution < 1.29 is 0 Å². The zero-order valence-electron chi connectivity index (χ0n) is 10.4. The molecule has 0 saturated carbocycles. The first-order chi connectivity index (χ1) is 9.13. The molecule has 96 valence electrons. The number of hydrogen-bond donors (Lipinski definition) is 0. The van der Waals surface area contributed by atoms with Crippen LogP contribution in [0.25, 0.3) is 10.9 Å². The predicted octanol–water partition coefficient (Wildman–Crippen LogP) is 4.70. The third-order valence-corrected chi connectivity index (χ3v) is 3.62. The minimum absolute atomic E-state index is 0.653. The second-order valence-electron chi connectivity index (χ2n) is 4.63. The Bertz CT molecular complexity index is 747. The Morgan fingerprint density at radius 2 is 2.00 bits per heavy atom. The summed E-state index contributed by atoms with van der Waals surface area (Å²) in [5.74, 6) is 0. The molecule has 0 unspecified atom stereocenters. The molecule has 0 fully saturated rings. The van der Waals surface area contributed by atoms with Crippen molar-refractivity contribution >= 4 is 34.1 Å². The Balaban J connectivity index is 2.06. The van der Waals surface area contributed by atoms with Crippen molar-refractivity contribution in [2.45, 2.75) is 13.5 Å². The van der Waals surface area contributed by atoms with Crippen molar-refractivity contribution in [3.8, 4) is 0 Å². The summed E-state index contributed by atoms with van der Waals surface area (Å²) in [4.78, 5) is 4.21. The van der Waals surface area contributed by atoms with Crippen LogP contribution < -0.4 is 0 Å². The topological polar surface area (TPSA) is 17.8 Å². The van der Waals surface area contributed by atoms with E-state index in [1.165, 1.54) is 0 Å². The number of hydrogen-bond acceptors (Lipinski definition) is 1. The van der Waals surface area contributed by atoms with Gasteiger partial charge in [0.2, 0.25) is 0 Å². The van der Waals surface area contributed by atoms with Crippen LogP contribution in [0, 0.1) is 6.92 Å². The number of rotatable bonds is 2. The Hall–Kier alpha value is -1.51. The normalized spacial score (nSPS) is 11.1. The van der Waals surface area contributed by atoms with Gasteiger partial charge in [0.25, 0.3) is 0 Å². The van der Waals surface area contributed by atoms with Crippen LogP contribution >= 0.6 is 23.2 Å². The molecule has 0 saturated heterocycles. The van der Waals surface area contributed by atoms with Gasteiger partial charge in [-0.05, 0) is 36.2 Å². The van der Waals surface area contributed by atoms with Gasteiger partial charge in [-0.15, -0.1) is 0 Å². The van der Waals surface area contributed by atoms with Crippen molar-refractivity contribution in [3.05, 3.63) is 64.0 Å². The monoisotopic (exact) mass is 290 g/mol. The molecule has 4 heteroatoms. The molecule has 19 heavy (non-hydrogen) atoms. The van der Waals surface area contributed by atoms with Gasteiger partial charge in [0.1, 0.15) is 0 Å². The van der Waals surface area contributed by atoms with Crippen LogP contribution in [0.4, 0.5) is 0 Å². The SMILES string of the molecule is Cc1cncc(Cn2ccc3c(Cl)cc(Cl)cc32)c1. The lowest BCUT2D eigenvalue weighted by Crippen LogP contribution is -1.98. The van der Waals surface area contributed by atoms with Gasteiger partial charge >= 0.3 is 0 Å². The number of benzene rings is 1. The quantitative estimate of drug-likeness (QED) is 0.669. The van der Waals surface area contributed by atoms with Crippen LogP contribution in [0.15, 0.2) is 42.9 Å². The summed E-state index contributed by atoms with van der Waals surface area (Å²) in [6.45, 7) is 2.80. The van der Waals surface area contributed by atoms with E-state index in [4.69, 9.17) is 23.2 Å². The molecule has 0 aliphatic heterocycles. The summed E-state index contributed by atoms with van der Waals surface area (Å²) in [5, 5.41) is 2.36. The van der Waals surface area contributed by atoms with E-state index in [2.05, 4.69) is 15.6 Å². The third-order valence-electron chi connectivity index (χ3n) is 3.09. The van der Waals surface area contributed by atoms with Crippen molar-refractivity contribution in [2.75, 3.05) is 0 Å². The first kappa shape index (κ1) is 12.5. The zero-order valence-corrected chi connectivity index (χ0v) is 11.9. The lowest BCUT2D eigenvalue weighted by atomic mass is 10.2. The summed E-state index contributed by atoms with van der Waals surface area (Å²) in [6, 6.07) is 7.85. The Morgan fingerprint density at radius 1 is 1.16 bits per heavy atom. The predicted molar refractivity (Wildman–Crippen MR) is 80.0 cm³/mol. The molecular formula is C15H12Cl2N2. The highest BCUT2D eigenvalue weighted by atomic mass is 35.5. The second-order valence-corrected chi connectivity index (χ2v) is 5.48. The molecule has 2 aromatic heterocycles. The molecule has 0 aliphatic rings. The summed E-state index contributed by atoms with van der Waals surface area (Å²) in [7, 11) is 0. The second kappa shape index (κ2) is 4.87. The Labute approximate surface area is 121 Å². The van der Waals surface area contributed by atoms with Crippen LogP contribution in [0.5, 0.6) is 0 Å². The van der Waals surface area contributed by atoms with E-state index < -0.39 is 0 Å². The third kappa shape index (κ3) is 2.46. The van der Waals surface area contributed by atoms with Gasteiger partial charge in [0.05, 0.1) is 10.5 Å². The van der Waals surface area contributed by atoms with Crippen LogP contribution in [-0.4, -0.2) is 9.55 Å². The van der Waals surface area contributed by atoms with Crippen molar-refractivity contribution in [1.29, 1.82) is 0 Å². The fourth-order valence-corrected chi connectivity index (χ4v) is 2.80. The van der Waals surface area contributed by atoms with Gasteiger partial charge in [0.15, 0.2) is 0 Å². The van der Waals surface area contributed by atoms with Crippen molar-refractivity contribution in [1.82, 2.24) is 9.55 Å². The van der Waals surface area contributed by atoms with E-state index in [9.17, 15) is 0 Å². The first-order valence-electron chi connectivity index (χ1n) is 5.98. The number of halogens is 2. The molecule has 3 aromatic rings. The first-order valence-corrected chi connectivity index (χ1v) is 6.73. The summed E-state index contributed by atoms with van der Waals surface area (Å²) >= 11 is 12.3. The zero-order chi connectivity index (χ0) is 13.4. The van der Waals surface area contributed by atoms with Gasteiger partial charge in [-0.2, -0.15) is 0 Å². The van der Waals surface area contributed by atoms with Crippen molar-refractivity contribution in [2.24, 2.45) is 0 Å². The van der Waals surface area contributed by atoms with E-state index in [0.717, 1.165) is 28.6 Å². The summed E-state index contributed by atoms with van der Waals surface area (Å²) < 4.78 is 2.13. The fraction of sp³-hybridized carbons (Fsp3) is 0.133. The number of pyridine rings is 1. The Kier molecular flexibility index (Phi) is 3.21. The van der Waals surface area contributed by atoms with Gasteiger partial charge < -0.3 is 4.57 Å². The fourth-order valence-electron chi connectivity index (χ4n) is 2.26. The van der Waals surface area contributed by atoms with Crippen LogP contribution in [0.3, 0.4) is 0 Å². The molecule has 0 N–H and O–H groups in total. The highest BCUT2D eigenvalue weighted by Crippen LogP contribution is 2.29. The highest BCUT2D eigenvalue weighted by Gasteiger charge is 2.07. The average Bonchev–Trinajstić information content (AvgIpc) is 2.73. The molecule has 0 spiro atoms. The number of fused-ring (bicyclic) bond motifs is 1. The summed E-state index contributed by atoms with van der Waals surface area (Å²) in [5.41, 5.74) is 3.36. The van der Waals surface area contributed by atoms with E-state index in [0.29, 0.717) is 10.0 Å². The van der Waals surface area contributed by atoms with Gasteiger partial charge in [-0.1, -0.05) is 29.3 Å². The minimum Gasteiger partial charge on any atom is -0.343 e. The van der Waals surface area contributed by atoms with E-state index in [1.54, 1.807) is 6.07 Å². The van der Waals surface area contributed by atoms with E-state index >= 15 is 0 Å². The number of nitrogens with zero attached hydrogens (tertiary/aromatic N) is 2. The lowest BCUT2D eigenvalue weighted by molar-refractivity contribution is 0.830.